The van der Waals surface area contributed by atoms with Gasteiger partial charge in [0.15, 0.2) is 0 Å². The Morgan fingerprint density at radius 1 is 1.14 bits per heavy atom. The van der Waals surface area contributed by atoms with E-state index >= 15 is 0 Å². The van der Waals surface area contributed by atoms with Gasteiger partial charge in [0.2, 0.25) is 5.88 Å². The largest absolute Gasteiger partial charge is 0.475 e. The standard InChI is InChI=1S/C15H19Cl2N3O/c1-3-19(4-2)9-10-21-15-7-8-20(18-15)12-5-6-13(16)14(17)11-12/h5-8,11H,3-4,9-10H2,1-2H3. The Bertz CT molecular complexity index is 582. The van der Waals surface area contributed by atoms with Gasteiger partial charge < -0.3 is 9.64 Å². The van der Waals surface area contributed by atoms with E-state index in [0.717, 1.165) is 25.3 Å². The fourth-order valence-electron chi connectivity index (χ4n) is 1.97. The molecule has 2 aromatic rings. The molecule has 0 N–H and O–H groups in total. The molecule has 0 aliphatic heterocycles. The van der Waals surface area contributed by atoms with Crippen LogP contribution in [0.2, 0.25) is 10.0 Å². The Morgan fingerprint density at radius 3 is 2.57 bits per heavy atom. The monoisotopic (exact) mass is 327 g/mol. The minimum Gasteiger partial charge on any atom is -0.475 e. The van der Waals surface area contributed by atoms with Gasteiger partial charge in [-0.2, -0.15) is 0 Å². The van der Waals surface area contributed by atoms with Crippen molar-refractivity contribution < 1.29 is 4.74 Å². The van der Waals surface area contributed by atoms with Crippen molar-refractivity contribution in [2.75, 3.05) is 26.2 Å². The number of hydrogen-bond donors (Lipinski definition) is 0. The zero-order chi connectivity index (χ0) is 15.2. The van der Waals surface area contributed by atoms with Gasteiger partial charge in [0, 0.05) is 18.8 Å². The topological polar surface area (TPSA) is 30.3 Å². The molecular formula is C15H19Cl2N3O. The van der Waals surface area contributed by atoms with E-state index in [-0.39, 0.29) is 0 Å². The summed E-state index contributed by atoms with van der Waals surface area (Å²) in [5, 5.41) is 5.41. The van der Waals surface area contributed by atoms with Crippen LogP contribution in [0.1, 0.15) is 13.8 Å². The van der Waals surface area contributed by atoms with E-state index in [0.29, 0.717) is 22.5 Å². The maximum atomic E-state index is 6.01. The number of hydrogen-bond acceptors (Lipinski definition) is 3. The lowest BCUT2D eigenvalue weighted by molar-refractivity contribution is 0.217. The third kappa shape index (κ3) is 4.37. The number of nitrogens with zero attached hydrogens (tertiary/aromatic N) is 3. The van der Waals surface area contributed by atoms with E-state index in [4.69, 9.17) is 27.9 Å². The zero-order valence-electron chi connectivity index (χ0n) is 12.2. The van der Waals surface area contributed by atoms with Gasteiger partial charge in [-0.3, -0.25) is 0 Å². The first kappa shape index (κ1) is 16.1. The smallest absolute Gasteiger partial charge is 0.233 e. The molecular weight excluding hydrogens is 309 g/mol. The summed E-state index contributed by atoms with van der Waals surface area (Å²) in [7, 11) is 0. The summed E-state index contributed by atoms with van der Waals surface area (Å²) < 4.78 is 7.38. The molecule has 0 unspecified atom stereocenters. The van der Waals surface area contributed by atoms with E-state index in [9.17, 15) is 0 Å². The molecule has 1 heterocycles. The Balaban J connectivity index is 1.96. The van der Waals surface area contributed by atoms with E-state index in [1.807, 2.05) is 18.3 Å². The average molecular weight is 328 g/mol. The van der Waals surface area contributed by atoms with Gasteiger partial charge in [0.05, 0.1) is 15.7 Å². The summed E-state index contributed by atoms with van der Waals surface area (Å²) in [5.74, 6) is 0.605. The molecule has 6 heteroatoms. The second-order valence-corrected chi connectivity index (χ2v) is 5.39. The minimum absolute atomic E-state index is 0.508. The number of likely N-dealkylation sites (N-methyl/N-ethyl adjacent to an activating group) is 1. The Morgan fingerprint density at radius 2 is 1.90 bits per heavy atom. The van der Waals surface area contributed by atoms with Gasteiger partial charge in [-0.15, -0.1) is 5.10 Å². The molecule has 4 nitrogen and oxygen atoms in total. The highest BCUT2D eigenvalue weighted by Crippen LogP contribution is 2.24. The van der Waals surface area contributed by atoms with Crippen molar-refractivity contribution in [2.45, 2.75) is 13.8 Å². The lowest BCUT2D eigenvalue weighted by atomic mass is 10.3. The Labute approximate surface area is 135 Å². The quantitative estimate of drug-likeness (QED) is 0.772. The third-order valence-corrected chi connectivity index (χ3v) is 4.02. The van der Waals surface area contributed by atoms with Gasteiger partial charge in [-0.25, -0.2) is 4.68 Å². The van der Waals surface area contributed by atoms with Crippen molar-refractivity contribution >= 4 is 23.2 Å². The number of halogens is 2. The second-order valence-electron chi connectivity index (χ2n) is 4.57. The van der Waals surface area contributed by atoms with Crippen LogP contribution in [0.5, 0.6) is 5.88 Å². The van der Waals surface area contributed by atoms with E-state index in [2.05, 4.69) is 23.8 Å². The Hall–Kier alpha value is -1.23. The predicted molar refractivity (Wildman–Crippen MR) is 86.9 cm³/mol. The van der Waals surface area contributed by atoms with Crippen molar-refractivity contribution in [3.05, 3.63) is 40.5 Å². The first-order valence-electron chi connectivity index (χ1n) is 7.00. The fraction of sp³-hybridized carbons (Fsp3) is 0.400. The van der Waals surface area contributed by atoms with Crippen molar-refractivity contribution in [3.63, 3.8) is 0 Å². The summed E-state index contributed by atoms with van der Waals surface area (Å²) >= 11 is 11.9. The highest BCUT2D eigenvalue weighted by atomic mass is 35.5. The van der Waals surface area contributed by atoms with E-state index < -0.39 is 0 Å². The molecule has 1 aromatic heterocycles. The molecule has 114 valence electrons. The molecule has 2 rings (SSSR count). The van der Waals surface area contributed by atoms with Crippen LogP contribution in [-0.4, -0.2) is 40.9 Å². The van der Waals surface area contributed by atoms with Crippen molar-refractivity contribution in [1.82, 2.24) is 14.7 Å². The molecule has 1 aromatic carbocycles. The number of ether oxygens (including phenoxy) is 1. The van der Waals surface area contributed by atoms with Crippen LogP contribution in [0, 0.1) is 0 Å². The summed E-state index contributed by atoms with van der Waals surface area (Å²) in [4.78, 5) is 2.30. The molecule has 0 radical (unpaired) electrons. The predicted octanol–water partition coefficient (Wildman–Crippen LogP) is 3.90. The van der Waals surface area contributed by atoms with Gasteiger partial charge in [0.25, 0.3) is 0 Å². The van der Waals surface area contributed by atoms with Crippen LogP contribution in [-0.2, 0) is 0 Å². The maximum Gasteiger partial charge on any atom is 0.233 e. The minimum atomic E-state index is 0.508. The third-order valence-electron chi connectivity index (χ3n) is 3.28. The maximum absolute atomic E-state index is 6.01. The zero-order valence-corrected chi connectivity index (χ0v) is 13.7. The Kier molecular flexibility index (Phi) is 5.91. The normalized spacial score (nSPS) is 11.1. The summed E-state index contributed by atoms with van der Waals surface area (Å²) in [6, 6.07) is 7.23. The second kappa shape index (κ2) is 7.69. The summed E-state index contributed by atoms with van der Waals surface area (Å²) in [5.41, 5.74) is 0.850. The molecule has 0 aliphatic carbocycles. The van der Waals surface area contributed by atoms with E-state index in [1.54, 1.807) is 16.8 Å². The van der Waals surface area contributed by atoms with Crippen molar-refractivity contribution in [2.24, 2.45) is 0 Å². The van der Waals surface area contributed by atoms with Gasteiger partial charge in [0.1, 0.15) is 6.61 Å². The molecule has 0 amide bonds. The molecule has 0 fully saturated rings. The van der Waals surface area contributed by atoms with Gasteiger partial charge in [-0.1, -0.05) is 37.0 Å². The fourth-order valence-corrected chi connectivity index (χ4v) is 2.27. The van der Waals surface area contributed by atoms with Gasteiger partial charge in [-0.05, 0) is 31.3 Å². The molecule has 0 saturated carbocycles. The molecule has 21 heavy (non-hydrogen) atoms. The average Bonchev–Trinajstić information content (AvgIpc) is 2.95. The van der Waals surface area contributed by atoms with Crippen molar-refractivity contribution in [1.29, 1.82) is 0 Å². The van der Waals surface area contributed by atoms with Crippen LogP contribution >= 0.6 is 23.2 Å². The van der Waals surface area contributed by atoms with Crippen LogP contribution in [0.4, 0.5) is 0 Å². The molecule has 0 spiro atoms. The highest BCUT2D eigenvalue weighted by molar-refractivity contribution is 6.42. The molecule has 0 atom stereocenters. The number of rotatable bonds is 7. The number of benzene rings is 1. The van der Waals surface area contributed by atoms with Crippen LogP contribution in [0.3, 0.4) is 0 Å². The SMILES string of the molecule is CCN(CC)CCOc1ccn(-c2ccc(Cl)c(Cl)c2)n1. The van der Waals surface area contributed by atoms with Crippen molar-refractivity contribution in [3.8, 4) is 11.6 Å². The first-order chi connectivity index (χ1) is 10.1. The summed E-state index contributed by atoms with van der Waals surface area (Å²) in [6.07, 6.45) is 1.84. The molecule has 0 aliphatic rings. The molecule has 0 saturated heterocycles. The number of aromatic nitrogens is 2. The van der Waals surface area contributed by atoms with Crippen LogP contribution in [0.15, 0.2) is 30.5 Å². The van der Waals surface area contributed by atoms with E-state index in [1.165, 1.54) is 0 Å². The lowest BCUT2D eigenvalue weighted by Crippen LogP contribution is -2.27. The van der Waals surface area contributed by atoms with Crippen LogP contribution < -0.4 is 4.74 Å². The molecule has 0 bridgehead atoms. The lowest BCUT2D eigenvalue weighted by Gasteiger charge is -2.17. The van der Waals surface area contributed by atoms with Crippen LogP contribution in [0.25, 0.3) is 5.69 Å². The first-order valence-corrected chi connectivity index (χ1v) is 7.76. The summed E-state index contributed by atoms with van der Waals surface area (Å²) in [6.45, 7) is 7.85. The highest BCUT2D eigenvalue weighted by Gasteiger charge is 2.05. The van der Waals surface area contributed by atoms with Gasteiger partial charge >= 0.3 is 0 Å².